The number of hydrogen-bond acceptors (Lipinski definition) is 4. The van der Waals surface area contributed by atoms with E-state index in [9.17, 15) is 21.6 Å². The zero-order valence-corrected chi connectivity index (χ0v) is 16.9. The first kappa shape index (κ1) is 24.0. The monoisotopic (exact) mass is 416 g/mol. The zero-order chi connectivity index (χ0) is 21.6. The summed E-state index contributed by atoms with van der Waals surface area (Å²) in [5.41, 5.74) is 1.65. The van der Waals surface area contributed by atoms with Crippen LogP contribution in [0, 0.1) is 17.8 Å². The van der Waals surface area contributed by atoms with Crippen LogP contribution >= 0.6 is 0 Å². The molecule has 0 radical (unpaired) electrons. The average molecular weight is 416 g/mol. The van der Waals surface area contributed by atoms with Gasteiger partial charge in [-0.05, 0) is 30.5 Å². The second kappa shape index (κ2) is 8.97. The van der Waals surface area contributed by atoms with E-state index in [1.165, 1.54) is 37.3 Å². The van der Waals surface area contributed by atoms with Gasteiger partial charge in [0.1, 0.15) is 6.61 Å². The third-order valence-electron chi connectivity index (χ3n) is 3.34. The molecule has 0 bridgehead atoms. The van der Waals surface area contributed by atoms with Gasteiger partial charge in [-0.25, -0.2) is 8.42 Å². The Hall–Kier alpha value is -2.04. The summed E-state index contributed by atoms with van der Waals surface area (Å²) in [7, 11) is -4.68. The molecular weight excluding hydrogens is 393 g/mol. The van der Waals surface area contributed by atoms with E-state index in [-0.39, 0.29) is 4.90 Å². The molecule has 4 nitrogen and oxygen atoms in total. The molecule has 0 amide bonds. The minimum absolute atomic E-state index is 0.350. The molecule has 154 valence electrons. The van der Waals surface area contributed by atoms with Crippen molar-refractivity contribution in [2.24, 2.45) is 5.41 Å². The Morgan fingerprint density at radius 3 is 2.14 bits per heavy atom. The largest absolute Gasteiger partial charge is 0.449 e. The third kappa shape index (κ3) is 5.49. The molecule has 8 heteroatoms. The molecular formula is C20H23F3O4S. The highest BCUT2D eigenvalue weighted by atomic mass is 32.2. The molecule has 0 aliphatic rings. The summed E-state index contributed by atoms with van der Waals surface area (Å²) in [5, 5.41) is 0. The summed E-state index contributed by atoms with van der Waals surface area (Å²) >= 11 is 0. The van der Waals surface area contributed by atoms with Crippen molar-refractivity contribution in [3.8, 4) is 12.3 Å². The summed E-state index contributed by atoms with van der Waals surface area (Å²) in [5.74, 6) is -1.67. The predicted octanol–water partition coefficient (Wildman–Crippen LogP) is 4.49. The smallest absolute Gasteiger partial charge is 0.338 e. The maximum Gasteiger partial charge on any atom is 0.449 e. The molecule has 0 heterocycles. The van der Waals surface area contributed by atoms with Gasteiger partial charge in [-0.2, -0.15) is 13.2 Å². The van der Waals surface area contributed by atoms with Crippen LogP contribution in [-0.4, -0.2) is 33.6 Å². The van der Waals surface area contributed by atoms with Crippen molar-refractivity contribution in [2.45, 2.75) is 44.6 Å². The van der Waals surface area contributed by atoms with E-state index in [1.807, 2.05) is 5.92 Å². The Bertz CT molecular complexity index is 869. The van der Waals surface area contributed by atoms with Crippen LogP contribution in [0.4, 0.5) is 13.2 Å². The lowest BCUT2D eigenvalue weighted by Crippen LogP contribution is -2.53. The quantitative estimate of drug-likeness (QED) is 0.373. The zero-order valence-electron chi connectivity index (χ0n) is 16.1. The van der Waals surface area contributed by atoms with Crippen molar-refractivity contribution < 1.29 is 31.1 Å². The van der Waals surface area contributed by atoms with Crippen LogP contribution in [0.1, 0.15) is 27.7 Å². The van der Waals surface area contributed by atoms with E-state index in [1.54, 1.807) is 26.8 Å². The van der Waals surface area contributed by atoms with E-state index in [4.69, 9.17) is 15.9 Å². The van der Waals surface area contributed by atoms with Crippen molar-refractivity contribution in [1.82, 2.24) is 0 Å². The van der Waals surface area contributed by atoms with E-state index in [0.29, 0.717) is 0 Å². The van der Waals surface area contributed by atoms with Gasteiger partial charge in [0.25, 0.3) is 0 Å². The number of alkyl halides is 3. The fourth-order valence-corrected chi connectivity index (χ4v) is 3.71. The van der Waals surface area contributed by atoms with Crippen molar-refractivity contribution in [3.63, 3.8) is 0 Å². The first-order valence-electron chi connectivity index (χ1n) is 8.38. The van der Waals surface area contributed by atoms with Gasteiger partial charge in [0.2, 0.25) is 9.84 Å². The van der Waals surface area contributed by atoms with Crippen molar-refractivity contribution >= 4 is 9.84 Å². The molecule has 0 saturated carbocycles. The van der Waals surface area contributed by atoms with Gasteiger partial charge in [-0.15, -0.1) is 12.2 Å². The van der Waals surface area contributed by atoms with Crippen LogP contribution in [0.2, 0.25) is 0 Å². The molecule has 1 aromatic rings. The first-order valence-corrected chi connectivity index (χ1v) is 9.86. The van der Waals surface area contributed by atoms with Gasteiger partial charge in [-0.1, -0.05) is 44.9 Å². The summed E-state index contributed by atoms with van der Waals surface area (Å²) in [4.78, 5) is -1.55. The Labute approximate surface area is 164 Å². The van der Waals surface area contributed by atoms with E-state index in [2.05, 4.69) is 5.73 Å². The summed E-state index contributed by atoms with van der Waals surface area (Å²) < 4.78 is 78.5. The van der Waals surface area contributed by atoms with E-state index in [0.717, 1.165) is 0 Å². The minimum Gasteiger partial charge on any atom is -0.338 e. The van der Waals surface area contributed by atoms with Crippen LogP contribution in [0.25, 0.3) is 0 Å². The predicted molar refractivity (Wildman–Crippen MR) is 99.9 cm³/mol. The normalized spacial score (nSPS) is 14.5. The van der Waals surface area contributed by atoms with Gasteiger partial charge in [0.15, 0.2) is 4.91 Å². The van der Waals surface area contributed by atoms with Crippen LogP contribution in [0.15, 0.2) is 51.9 Å². The molecule has 0 aliphatic carbocycles. The van der Waals surface area contributed by atoms with Gasteiger partial charge in [0.05, 0.1) is 4.90 Å². The molecule has 0 N–H and O–H groups in total. The molecule has 1 atom stereocenters. The molecule has 0 aliphatic heterocycles. The molecule has 1 unspecified atom stereocenters. The fourth-order valence-electron chi connectivity index (χ4n) is 2.16. The molecule has 0 aromatic heterocycles. The van der Waals surface area contributed by atoms with Crippen molar-refractivity contribution in [1.29, 1.82) is 0 Å². The number of sulfone groups is 1. The second-order valence-electron chi connectivity index (χ2n) is 6.84. The SMILES string of the molecule is C#CCOC(OCC)(C(=C=CC(C)(C)C)S(=O)(=O)c1ccccc1)C(F)(F)F. The van der Waals surface area contributed by atoms with Gasteiger partial charge < -0.3 is 9.47 Å². The van der Waals surface area contributed by atoms with Crippen LogP contribution < -0.4 is 0 Å². The van der Waals surface area contributed by atoms with Gasteiger partial charge in [0, 0.05) is 6.61 Å². The first-order chi connectivity index (χ1) is 12.8. The number of hydrogen-bond donors (Lipinski definition) is 0. The summed E-state index contributed by atoms with van der Waals surface area (Å²) in [6.45, 7) is 5.06. The number of terminal acetylenes is 1. The second-order valence-corrected chi connectivity index (χ2v) is 8.73. The lowest BCUT2D eigenvalue weighted by molar-refractivity contribution is -0.355. The van der Waals surface area contributed by atoms with Crippen molar-refractivity contribution in [3.05, 3.63) is 47.0 Å². The highest BCUT2D eigenvalue weighted by molar-refractivity contribution is 7.95. The van der Waals surface area contributed by atoms with Gasteiger partial charge >= 0.3 is 12.0 Å². The summed E-state index contributed by atoms with van der Waals surface area (Å²) in [6.07, 6.45) is 1.04. The Morgan fingerprint density at radius 2 is 1.71 bits per heavy atom. The van der Waals surface area contributed by atoms with Crippen LogP contribution in [0.3, 0.4) is 0 Å². The highest BCUT2D eigenvalue weighted by Crippen LogP contribution is 2.44. The van der Waals surface area contributed by atoms with Crippen LogP contribution in [0.5, 0.6) is 0 Å². The van der Waals surface area contributed by atoms with E-state index < -0.39 is 45.3 Å². The highest BCUT2D eigenvalue weighted by Gasteiger charge is 2.64. The molecule has 0 spiro atoms. The maximum absolute atomic E-state index is 14.1. The topological polar surface area (TPSA) is 52.6 Å². The maximum atomic E-state index is 14.1. The number of ether oxygens (including phenoxy) is 2. The van der Waals surface area contributed by atoms with Gasteiger partial charge in [-0.3, -0.25) is 0 Å². The third-order valence-corrected chi connectivity index (χ3v) is 5.15. The van der Waals surface area contributed by atoms with Crippen molar-refractivity contribution in [2.75, 3.05) is 13.2 Å². The molecule has 1 aromatic carbocycles. The van der Waals surface area contributed by atoms with E-state index >= 15 is 0 Å². The average Bonchev–Trinajstić information content (AvgIpc) is 2.58. The minimum atomic E-state index is -5.24. The Kier molecular flexibility index (Phi) is 7.69. The molecule has 28 heavy (non-hydrogen) atoms. The Morgan fingerprint density at radius 1 is 1.14 bits per heavy atom. The number of rotatable bonds is 7. The summed E-state index contributed by atoms with van der Waals surface area (Å²) in [6, 6.07) is 6.71. The number of halogens is 3. The van der Waals surface area contributed by atoms with Crippen LogP contribution in [-0.2, 0) is 19.3 Å². The lowest BCUT2D eigenvalue weighted by atomic mass is 9.97. The molecule has 0 fully saturated rings. The standard InChI is InChI=1S/C20H23F3O4S/c1-6-15-27-19(26-7-2,20(21,22)23)17(13-14-18(3,4)5)28(24,25)16-11-9-8-10-12-16/h1,8-12,14H,7,15H2,2-5H3. The molecule has 0 saturated heterocycles. The Balaban J connectivity index is 3.97. The fraction of sp³-hybridized carbons (Fsp3) is 0.450. The molecule has 1 rings (SSSR count). The number of benzene rings is 1. The lowest BCUT2D eigenvalue weighted by Gasteiger charge is -2.35.